The summed E-state index contributed by atoms with van der Waals surface area (Å²) in [5, 5.41) is 9.27. The van der Waals surface area contributed by atoms with Crippen LogP contribution in [0.15, 0.2) is 42.5 Å². The topological polar surface area (TPSA) is 87.3 Å². The molecular weight excluding hydrogens is 378 g/mol. The Morgan fingerprint density at radius 1 is 1.00 bits per heavy atom. The van der Waals surface area contributed by atoms with Gasteiger partial charge in [0.2, 0.25) is 17.7 Å². The normalized spacial score (nSPS) is 30.4. The molecule has 5 rings (SSSR count). The van der Waals surface area contributed by atoms with Crippen molar-refractivity contribution in [2.75, 3.05) is 5.32 Å². The molecule has 4 atom stereocenters. The van der Waals surface area contributed by atoms with Crippen LogP contribution in [-0.4, -0.2) is 23.8 Å². The van der Waals surface area contributed by atoms with E-state index in [1.807, 2.05) is 37.3 Å². The second-order valence-electron chi connectivity index (χ2n) is 7.65. The zero-order valence-corrected chi connectivity index (χ0v) is 15.8. The van der Waals surface area contributed by atoms with E-state index in [0.717, 1.165) is 11.1 Å². The first kappa shape index (κ1) is 17.4. The zero-order valence-electron chi connectivity index (χ0n) is 15.1. The molecule has 1 spiro atoms. The molecule has 3 aliphatic heterocycles. The molecule has 28 heavy (non-hydrogen) atoms. The van der Waals surface area contributed by atoms with Gasteiger partial charge in [-0.3, -0.25) is 25.0 Å². The number of fused-ring (bicyclic) bond motifs is 4. The summed E-state index contributed by atoms with van der Waals surface area (Å²) in [4.78, 5) is 38.6. The summed E-state index contributed by atoms with van der Waals surface area (Å²) in [6.07, 6.45) is 0.541. The van der Waals surface area contributed by atoms with Gasteiger partial charge in [0, 0.05) is 16.6 Å². The van der Waals surface area contributed by atoms with Crippen molar-refractivity contribution in [1.82, 2.24) is 10.6 Å². The minimum absolute atomic E-state index is 0.316. The smallest absolute Gasteiger partial charge is 0.250 e. The second kappa shape index (κ2) is 5.90. The maximum Gasteiger partial charge on any atom is 0.250 e. The minimum Gasteiger partial charge on any atom is -0.324 e. The maximum atomic E-state index is 13.2. The molecule has 0 radical (unpaired) electrons. The highest BCUT2D eigenvalue weighted by Gasteiger charge is 2.68. The van der Waals surface area contributed by atoms with Crippen LogP contribution in [-0.2, 0) is 26.3 Å². The Hall–Kier alpha value is -2.70. The van der Waals surface area contributed by atoms with Crippen molar-refractivity contribution in [1.29, 1.82) is 0 Å². The Kier molecular flexibility index (Phi) is 3.66. The third-order valence-electron chi connectivity index (χ3n) is 6.22. The van der Waals surface area contributed by atoms with Gasteiger partial charge in [-0.25, -0.2) is 0 Å². The molecule has 2 saturated heterocycles. The number of carbonyl (C=O) groups is 3. The fourth-order valence-corrected chi connectivity index (χ4v) is 5.12. The number of amides is 3. The first-order valence-corrected chi connectivity index (χ1v) is 9.58. The maximum absolute atomic E-state index is 13.2. The largest absolute Gasteiger partial charge is 0.324 e. The van der Waals surface area contributed by atoms with E-state index in [-0.39, 0.29) is 17.9 Å². The van der Waals surface area contributed by atoms with Crippen molar-refractivity contribution < 1.29 is 14.4 Å². The molecule has 0 unspecified atom stereocenters. The van der Waals surface area contributed by atoms with Gasteiger partial charge in [0.25, 0.3) is 0 Å². The van der Waals surface area contributed by atoms with Gasteiger partial charge >= 0.3 is 0 Å². The van der Waals surface area contributed by atoms with Crippen molar-refractivity contribution in [3.8, 4) is 0 Å². The van der Waals surface area contributed by atoms with Crippen LogP contribution in [0.25, 0.3) is 0 Å². The highest BCUT2D eigenvalue weighted by atomic mass is 35.5. The highest BCUT2D eigenvalue weighted by molar-refractivity contribution is 6.32. The lowest BCUT2D eigenvalue weighted by molar-refractivity contribution is -0.132. The van der Waals surface area contributed by atoms with Gasteiger partial charge in [0.1, 0.15) is 5.54 Å². The van der Waals surface area contributed by atoms with E-state index in [4.69, 9.17) is 11.6 Å². The molecule has 2 aromatic carbocycles. The van der Waals surface area contributed by atoms with Gasteiger partial charge in [-0.2, -0.15) is 0 Å². The molecule has 3 amide bonds. The zero-order chi connectivity index (χ0) is 19.6. The summed E-state index contributed by atoms with van der Waals surface area (Å²) < 4.78 is 0. The van der Waals surface area contributed by atoms with Crippen LogP contribution < -0.4 is 16.0 Å². The molecule has 0 aromatic heterocycles. The van der Waals surface area contributed by atoms with E-state index in [9.17, 15) is 14.4 Å². The van der Waals surface area contributed by atoms with Crippen molar-refractivity contribution in [3.63, 3.8) is 0 Å². The van der Waals surface area contributed by atoms with Crippen molar-refractivity contribution >= 4 is 35.0 Å². The predicted octanol–water partition coefficient (Wildman–Crippen LogP) is 1.90. The lowest BCUT2D eigenvalue weighted by Gasteiger charge is -2.28. The summed E-state index contributed by atoms with van der Waals surface area (Å²) in [5.41, 5.74) is 1.81. The van der Waals surface area contributed by atoms with E-state index < -0.39 is 23.3 Å². The first-order valence-electron chi connectivity index (χ1n) is 9.21. The number of imide groups is 1. The third-order valence-corrected chi connectivity index (χ3v) is 6.63. The average Bonchev–Trinajstić information content (AvgIpc) is 3.26. The molecule has 0 saturated carbocycles. The van der Waals surface area contributed by atoms with E-state index >= 15 is 0 Å². The van der Waals surface area contributed by atoms with Gasteiger partial charge in [-0.05, 0) is 30.5 Å². The Labute approximate surface area is 166 Å². The van der Waals surface area contributed by atoms with Crippen molar-refractivity contribution in [2.24, 2.45) is 11.8 Å². The SMILES string of the molecule is Cc1c(Cl)ccc2c1NC(=O)[C@]21N[C@@H](Cc2ccccc2)[C@H]2C(=O)NC(=O)[C@H]21. The Balaban J connectivity index is 1.65. The van der Waals surface area contributed by atoms with E-state index in [1.54, 1.807) is 12.1 Å². The lowest BCUT2D eigenvalue weighted by atomic mass is 9.76. The van der Waals surface area contributed by atoms with Crippen LogP contribution in [0.4, 0.5) is 5.69 Å². The number of carbonyl (C=O) groups excluding carboxylic acids is 3. The summed E-state index contributed by atoms with van der Waals surface area (Å²) in [6, 6.07) is 12.9. The number of nitrogens with one attached hydrogen (secondary N) is 3. The molecule has 0 bridgehead atoms. The van der Waals surface area contributed by atoms with Gasteiger partial charge in [-0.15, -0.1) is 0 Å². The molecule has 2 aromatic rings. The molecule has 2 fully saturated rings. The molecule has 3 aliphatic rings. The standard InChI is InChI=1S/C21H18ClN3O3/c1-10-13(22)8-7-12-17(10)23-20(28)21(12)16-15(18(26)24-19(16)27)14(25-21)9-11-5-3-2-4-6-11/h2-8,14-16,25H,9H2,1H3,(H,23,28)(H,24,26,27)/t14-,15+,16-,21-/m0/s1. The van der Waals surface area contributed by atoms with Crippen LogP contribution >= 0.6 is 11.6 Å². The highest BCUT2D eigenvalue weighted by Crippen LogP contribution is 2.52. The first-order chi connectivity index (χ1) is 13.4. The van der Waals surface area contributed by atoms with Gasteiger partial charge in [0.05, 0.1) is 17.5 Å². The van der Waals surface area contributed by atoms with E-state index in [1.165, 1.54) is 0 Å². The number of hydrogen-bond donors (Lipinski definition) is 3. The minimum atomic E-state index is -1.27. The number of anilines is 1. The van der Waals surface area contributed by atoms with Crippen molar-refractivity contribution in [3.05, 3.63) is 64.2 Å². The molecule has 3 heterocycles. The number of benzene rings is 2. The quantitative estimate of drug-likeness (QED) is 0.678. The summed E-state index contributed by atoms with van der Waals surface area (Å²) in [7, 11) is 0. The molecule has 142 valence electrons. The molecule has 7 heteroatoms. The summed E-state index contributed by atoms with van der Waals surface area (Å²) in [5.74, 6) is -2.46. The van der Waals surface area contributed by atoms with Crippen LogP contribution in [0.2, 0.25) is 5.02 Å². The number of hydrogen-bond acceptors (Lipinski definition) is 4. The Morgan fingerprint density at radius 2 is 1.75 bits per heavy atom. The van der Waals surface area contributed by atoms with Crippen molar-refractivity contribution in [2.45, 2.75) is 24.9 Å². The average molecular weight is 396 g/mol. The summed E-state index contributed by atoms with van der Waals surface area (Å²) in [6.45, 7) is 1.83. The fourth-order valence-electron chi connectivity index (χ4n) is 4.96. The molecule has 0 aliphatic carbocycles. The van der Waals surface area contributed by atoms with Gasteiger partial charge in [0.15, 0.2) is 0 Å². The van der Waals surface area contributed by atoms with E-state index in [2.05, 4.69) is 16.0 Å². The van der Waals surface area contributed by atoms with Crippen LogP contribution in [0, 0.1) is 18.8 Å². The fraction of sp³-hybridized carbons (Fsp3) is 0.286. The van der Waals surface area contributed by atoms with Gasteiger partial charge in [-0.1, -0.05) is 48.0 Å². The van der Waals surface area contributed by atoms with Gasteiger partial charge < -0.3 is 5.32 Å². The van der Waals surface area contributed by atoms with Crippen LogP contribution in [0.1, 0.15) is 16.7 Å². The lowest BCUT2D eigenvalue weighted by Crippen LogP contribution is -2.53. The number of rotatable bonds is 2. The molecule has 3 N–H and O–H groups in total. The third kappa shape index (κ3) is 2.16. The number of halogens is 1. The Bertz CT molecular complexity index is 1040. The van der Waals surface area contributed by atoms with E-state index in [0.29, 0.717) is 22.7 Å². The monoisotopic (exact) mass is 395 g/mol. The van der Waals surface area contributed by atoms with Crippen LogP contribution in [0.5, 0.6) is 0 Å². The predicted molar refractivity (Wildman–Crippen MR) is 104 cm³/mol. The molecule has 6 nitrogen and oxygen atoms in total. The van der Waals surface area contributed by atoms with Crippen LogP contribution in [0.3, 0.4) is 0 Å². The molecular formula is C21H18ClN3O3. The summed E-state index contributed by atoms with van der Waals surface area (Å²) >= 11 is 6.23. The Morgan fingerprint density at radius 3 is 2.50 bits per heavy atom. The second-order valence-corrected chi connectivity index (χ2v) is 8.06.